The molecule has 0 saturated carbocycles. The Morgan fingerprint density at radius 3 is 2.29 bits per heavy atom. The molecule has 0 radical (unpaired) electrons. The van der Waals surface area contributed by atoms with Gasteiger partial charge in [-0.1, -0.05) is 68.3 Å². The van der Waals surface area contributed by atoms with Gasteiger partial charge in [0.1, 0.15) is 18.2 Å². The Bertz CT molecular complexity index is 1890. The quantitative estimate of drug-likeness (QED) is 0.193. The molecule has 35 heavy (non-hydrogen) atoms. The molecule has 5 rings (SSSR count). The lowest BCUT2D eigenvalue weighted by Crippen LogP contribution is -2.36. The molecule has 0 bridgehead atoms. The molecule has 5 aromatic rings. The largest absolute Gasteiger partial charge is 0.456 e. The van der Waals surface area contributed by atoms with Crippen molar-refractivity contribution in [3.8, 4) is 22.4 Å². The van der Waals surface area contributed by atoms with Gasteiger partial charge in [-0.2, -0.15) is 4.57 Å². The number of rotatable bonds is 4. The molecule has 3 nitrogen and oxygen atoms in total. The van der Waals surface area contributed by atoms with Gasteiger partial charge in [-0.15, -0.1) is 0 Å². The SMILES string of the molecule is [2H]c1c([2H])c([2H])c(-c2c([N+]#[C-])ccc3c2oc2c(-c4cc(CC(C)C)c(C)c(C)[n+]4C)c(C)ccc23)c([2H])c1[2H]. The summed E-state index contributed by atoms with van der Waals surface area (Å²) in [6.45, 7) is 18.6. The van der Waals surface area contributed by atoms with Crippen molar-refractivity contribution in [3.63, 3.8) is 0 Å². The van der Waals surface area contributed by atoms with Crippen molar-refractivity contribution >= 4 is 27.6 Å². The van der Waals surface area contributed by atoms with Crippen LogP contribution in [-0.4, -0.2) is 0 Å². The standard InChI is InChI=1S/C32H31N2O/c1-19(2)17-24-18-28(34(7)22(5)21(24)4)29-20(3)13-14-25-26-15-16-27(33-6)30(32(26)35-31(25)29)23-11-9-8-10-12-23/h8-16,18-19H,17H2,1-5,7H3/q+1/i8D,9D,10D,11D,12D. The number of fused-ring (bicyclic) bond motifs is 3. The lowest BCUT2D eigenvalue weighted by atomic mass is 9.93. The Labute approximate surface area is 214 Å². The monoisotopic (exact) mass is 464 g/mol. The first-order chi connectivity index (χ1) is 18.9. The van der Waals surface area contributed by atoms with Crippen molar-refractivity contribution in [2.24, 2.45) is 13.0 Å². The van der Waals surface area contributed by atoms with Crippen LogP contribution in [0.5, 0.6) is 0 Å². The van der Waals surface area contributed by atoms with Crippen molar-refractivity contribution in [1.82, 2.24) is 0 Å². The Morgan fingerprint density at radius 1 is 0.971 bits per heavy atom. The van der Waals surface area contributed by atoms with Gasteiger partial charge in [0.15, 0.2) is 11.4 Å². The van der Waals surface area contributed by atoms with Crippen LogP contribution >= 0.6 is 0 Å². The summed E-state index contributed by atoms with van der Waals surface area (Å²) < 4.78 is 50.4. The summed E-state index contributed by atoms with van der Waals surface area (Å²) in [5.74, 6) is 0.494. The number of hydrogen-bond acceptors (Lipinski definition) is 1. The Balaban J connectivity index is 1.93. The van der Waals surface area contributed by atoms with E-state index in [0.29, 0.717) is 17.1 Å². The Morgan fingerprint density at radius 2 is 1.63 bits per heavy atom. The first-order valence-corrected chi connectivity index (χ1v) is 11.8. The van der Waals surface area contributed by atoms with Crippen molar-refractivity contribution in [3.05, 3.63) is 94.3 Å². The number of furan rings is 1. The minimum Gasteiger partial charge on any atom is -0.456 e. The van der Waals surface area contributed by atoms with Gasteiger partial charge in [-0.3, -0.25) is 0 Å². The van der Waals surface area contributed by atoms with Crippen LogP contribution in [-0.2, 0) is 13.5 Å². The van der Waals surface area contributed by atoms with Gasteiger partial charge in [-0.25, -0.2) is 4.85 Å². The summed E-state index contributed by atoms with van der Waals surface area (Å²) in [5, 5.41) is 1.56. The normalized spacial score (nSPS) is 13.5. The number of aryl methyl sites for hydroxylation is 1. The zero-order valence-electron chi connectivity index (χ0n) is 26.0. The molecule has 0 unspecified atom stereocenters. The number of nitrogens with zero attached hydrogens (tertiary/aromatic N) is 2. The molecular formula is C32H31N2O+. The van der Waals surface area contributed by atoms with Crippen LogP contribution < -0.4 is 4.57 Å². The third-order valence-electron chi connectivity index (χ3n) is 6.95. The lowest BCUT2D eigenvalue weighted by Gasteiger charge is -2.14. The van der Waals surface area contributed by atoms with E-state index in [2.05, 4.69) is 49.2 Å². The highest BCUT2D eigenvalue weighted by Gasteiger charge is 2.25. The minimum atomic E-state index is -0.475. The molecule has 3 heteroatoms. The summed E-state index contributed by atoms with van der Waals surface area (Å²) in [5.41, 5.74) is 8.00. The third kappa shape index (κ3) is 3.70. The van der Waals surface area contributed by atoms with Gasteiger partial charge in [0.25, 0.3) is 0 Å². The Hall–Kier alpha value is -3.90. The lowest BCUT2D eigenvalue weighted by molar-refractivity contribution is -0.667. The van der Waals surface area contributed by atoms with Crippen molar-refractivity contribution in [2.75, 3.05) is 0 Å². The first kappa shape index (κ1) is 17.5. The maximum Gasteiger partial charge on any atom is 0.216 e. The zero-order chi connectivity index (χ0) is 29.2. The van der Waals surface area contributed by atoms with Crippen LogP contribution in [0.2, 0.25) is 0 Å². The fourth-order valence-electron chi connectivity index (χ4n) is 4.95. The van der Waals surface area contributed by atoms with E-state index in [1.807, 2.05) is 26.1 Å². The summed E-state index contributed by atoms with van der Waals surface area (Å²) in [7, 11) is 2.05. The van der Waals surface area contributed by atoms with E-state index in [0.717, 1.165) is 39.7 Å². The van der Waals surface area contributed by atoms with Crippen LogP contribution in [0.15, 0.2) is 65.0 Å². The minimum absolute atomic E-state index is 0.0316. The van der Waals surface area contributed by atoms with Crippen LogP contribution in [0.1, 0.15) is 43.1 Å². The highest BCUT2D eigenvalue weighted by molar-refractivity contribution is 6.15. The van der Waals surface area contributed by atoms with Gasteiger partial charge in [0.05, 0.1) is 19.0 Å². The van der Waals surface area contributed by atoms with Crippen molar-refractivity contribution in [1.29, 1.82) is 0 Å². The summed E-state index contributed by atoms with van der Waals surface area (Å²) in [6.07, 6.45) is 0.948. The average Bonchev–Trinajstić information content (AvgIpc) is 3.30. The summed E-state index contributed by atoms with van der Waals surface area (Å²) in [6, 6.07) is 7.63. The predicted octanol–water partition coefficient (Wildman–Crippen LogP) is 8.42. The topological polar surface area (TPSA) is 21.4 Å². The predicted molar refractivity (Wildman–Crippen MR) is 145 cm³/mol. The number of aromatic nitrogens is 1. The van der Waals surface area contributed by atoms with Crippen molar-refractivity contribution in [2.45, 2.75) is 41.0 Å². The van der Waals surface area contributed by atoms with Crippen LogP contribution in [0.3, 0.4) is 0 Å². The molecule has 0 atom stereocenters. The number of pyridine rings is 1. The van der Waals surface area contributed by atoms with E-state index in [9.17, 15) is 0 Å². The van der Waals surface area contributed by atoms with Gasteiger partial charge < -0.3 is 4.42 Å². The van der Waals surface area contributed by atoms with E-state index in [-0.39, 0.29) is 28.9 Å². The van der Waals surface area contributed by atoms with Crippen LogP contribution in [0.25, 0.3) is 49.2 Å². The van der Waals surface area contributed by atoms with E-state index in [1.54, 1.807) is 6.07 Å². The zero-order valence-corrected chi connectivity index (χ0v) is 21.0. The number of hydrogen-bond donors (Lipinski definition) is 0. The van der Waals surface area contributed by atoms with E-state index < -0.39 is 18.1 Å². The molecule has 0 amide bonds. The van der Waals surface area contributed by atoms with E-state index in [1.165, 1.54) is 11.1 Å². The van der Waals surface area contributed by atoms with Crippen LogP contribution in [0.4, 0.5) is 5.69 Å². The second kappa shape index (κ2) is 8.71. The molecule has 174 valence electrons. The smallest absolute Gasteiger partial charge is 0.216 e. The molecule has 0 spiro atoms. The second-order valence-electron chi connectivity index (χ2n) is 9.61. The summed E-state index contributed by atoms with van der Waals surface area (Å²) in [4.78, 5) is 3.65. The highest BCUT2D eigenvalue weighted by Crippen LogP contribution is 2.44. The molecule has 2 heterocycles. The molecule has 0 fully saturated rings. The number of benzene rings is 3. The molecule has 3 aromatic carbocycles. The van der Waals surface area contributed by atoms with Gasteiger partial charge in [0.2, 0.25) is 5.69 Å². The fraction of sp³-hybridized carbons (Fsp3) is 0.250. The third-order valence-corrected chi connectivity index (χ3v) is 6.95. The summed E-state index contributed by atoms with van der Waals surface area (Å²) >= 11 is 0. The van der Waals surface area contributed by atoms with E-state index in [4.69, 9.17) is 17.8 Å². The average molecular weight is 465 g/mol. The molecular weight excluding hydrogens is 428 g/mol. The van der Waals surface area contributed by atoms with Gasteiger partial charge >= 0.3 is 0 Å². The van der Waals surface area contributed by atoms with Crippen LogP contribution in [0, 0.1) is 33.3 Å². The molecule has 0 N–H and O–H groups in total. The highest BCUT2D eigenvalue weighted by atomic mass is 16.3. The second-order valence-corrected chi connectivity index (χ2v) is 9.61. The molecule has 0 saturated heterocycles. The molecule has 0 aliphatic heterocycles. The maximum absolute atomic E-state index is 8.60. The van der Waals surface area contributed by atoms with E-state index >= 15 is 0 Å². The van der Waals surface area contributed by atoms with Gasteiger partial charge in [-0.05, 0) is 42.9 Å². The molecule has 0 aliphatic rings. The fourth-order valence-corrected chi connectivity index (χ4v) is 4.95. The maximum atomic E-state index is 8.60. The Kier molecular flexibility index (Phi) is 4.36. The molecule has 2 aromatic heterocycles. The van der Waals surface area contributed by atoms with Crippen molar-refractivity contribution < 1.29 is 15.8 Å². The molecule has 0 aliphatic carbocycles. The first-order valence-electron chi connectivity index (χ1n) is 14.3. The van der Waals surface area contributed by atoms with Gasteiger partial charge in [0, 0.05) is 34.9 Å².